The van der Waals surface area contributed by atoms with Crippen molar-refractivity contribution in [3.05, 3.63) is 35.9 Å². The number of aromatic nitrogens is 2. The van der Waals surface area contributed by atoms with E-state index in [0.29, 0.717) is 10.9 Å². The van der Waals surface area contributed by atoms with Crippen molar-refractivity contribution in [2.75, 3.05) is 35.4 Å². The maximum Gasteiger partial charge on any atom is 0.413 e. The second kappa shape index (κ2) is 12.4. The molecular weight excluding hydrogens is 620 g/mol. The molecule has 3 unspecified atom stereocenters. The summed E-state index contributed by atoms with van der Waals surface area (Å²) in [4.78, 5) is 47.6. The van der Waals surface area contributed by atoms with Crippen LogP contribution in [0.1, 0.15) is 47.1 Å². The fourth-order valence-corrected chi connectivity index (χ4v) is 5.44. The highest BCUT2D eigenvalue weighted by molar-refractivity contribution is 6.05. The third-order valence-electron chi connectivity index (χ3n) is 7.74. The van der Waals surface area contributed by atoms with Crippen LogP contribution < -0.4 is 20.3 Å². The van der Waals surface area contributed by atoms with Gasteiger partial charge in [-0.2, -0.15) is 0 Å². The van der Waals surface area contributed by atoms with Crippen LogP contribution in [0.5, 0.6) is 5.88 Å². The van der Waals surface area contributed by atoms with Gasteiger partial charge >= 0.3 is 18.3 Å². The zero-order valence-electron chi connectivity index (χ0n) is 27.1. The minimum absolute atomic E-state index is 0.00337. The number of ether oxygens (including phenoxy) is 4. The molecule has 1 fully saturated rings. The number of pyridine rings is 2. The van der Waals surface area contributed by atoms with Gasteiger partial charge in [-0.05, 0) is 56.2 Å². The quantitative estimate of drug-likeness (QED) is 0.276. The van der Waals surface area contributed by atoms with Gasteiger partial charge in [-0.15, -0.1) is 0 Å². The molecule has 2 aromatic heterocycles. The smallest absolute Gasteiger partial charge is 0.413 e. The van der Waals surface area contributed by atoms with Crippen LogP contribution in [0.4, 0.5) is 40.4 Å². The molecule has 4 heterocycles. The monoisotopic (exact) mass is 657 g/mol. The molecule has 2 aliphatic rings. The Hall–Kier alpha value is -4.79. The average Bonchev–Trinajstić information content (AvgIpc) is 3.36. The van der Waals surface area contributed by atoms with Gasteiger partial charge in [0, 0.05) is 28.9 Å². The number of rotatable bonds is 4. The number of hydrogen-bond acceptors (Lipinski definition) is 9. The van der Waals surface area contributed by atoms with Gasteiger partial charge in [-0.25, -0.2) is 33.1 Å². The molecule has 1 aromatic carbocycles. The van der Waals surface area contributed by atoms with Gasteiger partial charge < -0.3 is 24.1 Å². The van der Waals surface area contributed by atoms with E-state index < -0.39 is 53.4 Å². The van der Waals surface area contributed by atoms with Crippen molar-refractivity contribution in [3.63, 3.8) is 0 Å². The molecule has 3 amide bonds. The molecular formula is C32H37F2N5O8. The standard InChI is InChI=1S/C32H37F2N5O8/c1-15-18(10-36-27-26(15)39(30(42)43)22(14-45-27)31(2,3)4)17-8-16-9-23(37-28(40)46-21-13-44-12-20(21)33)35-11-19(16)25(24(17)34)38-29(41)47-32(5,6)7/h8-11,20-22H,12-14H2,1-7H3,(H,38,41)(H,42,43)(H,35,37,40). The topological polar surface area (TPSA) is 161 Å². The third kappa shape index (κ3) is 6.99. The number of fused-ring (bicyclic) bond motifs is 2. The van der Waals surface area contributed by atoms with Crippen molar-refractivity contribution < 1.29 is 47.2 Å². The van der Waals surface area contributed by atoms with Gasteiger partial charge in [0.1, 0.15) is 23.7 Å². The first-order valence-corrected chi connectivity index (χ1v) is 14.9. The highest BCUT2D eigenvalue weighted by Crippen LogP contribution is 2.45. The minimum atomic E-state index is -1.47. The lowest BCUT2D eigenvalue weighted by Crippen LogP contribution is -2.53. The maximum absolute atomic E-state index is 16.6. The summed E-state index contributed by atoms with van der Waals surface area (Å²) in [7, 11) is 0. The van der Waals surface area contributed by atoms with E-state index in [1.165, 1.54) is 29.4 Å². The number of benzene rings is 1. The number of hydrogen-bond donors (Lipinski definition) is 3. The van der Waals surface area contributed by atoms with E-state index in [1.54, 1.807) is 27.7 Å². The molecule has 47 heavy (non-hydrogen) atoms. The Balaban J connectivity index is 1.62. The molecule has 3 N–H and O–H groups in total. The number of carbonyl (C=O) groups is 3. The van der Waals surface area contributed by atoms with Crippen LogP contribution in [-0.4, -0.2) is 77.1 Å². The molecule has 15 heteroatoms. The summed E-state index contributed by atoms with van der Waals surface area (Å²) >= 11 is 0. The van der Waals surface area contributed by atoms with Gasteiger partial charge in [-0.1, -0.05) is 20.8 Å². The minimum Gasteiger partial charge on any atom is -0.474 e. The molecule has 2 aliphatic heterocycles. The Labute approximate surface area is 269 Å². The van der Waals surface area contributed by atoms with Crippen LogP contribution in [-0.2, 0) is 14.2 Å². The van der Waals surface area contributed by atoms with Crippen molar-refractivity contribution >= 4 is 46.2 Å². The normalized spacial score (nSPS) is 19.5. The summed E-state index contributed by atoms with van der Waals surface area (Å²) in [6, 6.07) is 2.30. The first kappa shape index (κ1) is 33.6. The molecule has 5 rings (SSSR count). The number of carboxylic acid groups (broad SMARTS) is 1. The summed E-state index contributed by atoms with van der Waals surface area (Å²) in [6.45, 7) is 12.1. The Morgan fingerprint density at radius 2 is 1.72 bits per heavy atom. The van der Waals surface area contributed by atoms with Crippen LogP contribution in [0.15, 0.2) is 24.5 Å². The molecule has 0 saturated carbocycles. The number of alkyl halides is 1. The van der Waals surface area contributed by atoms with E-state index in [-0.39, 0.29) is 59.4 Å². The molecule has 3 aromatic rings. The van der Waals surface area contributed by atoms with Crippen LogP contribution in [0.3, 0.4) is 0 Å². The highest BCUT2D eigenvalue weighted by Gasteiger charge is 2.42. The molecule has 1 saturated heterocycles. The largest absolute Gasteiger partial charge is 0.474 e. The lowest BCUT2D eigenvalue weighted by Gasteiger charge is -2.42. The fourth-order valence-electron chi connectivity index (χ4n) is 5.44. The van der Waals surface area contributed by atoms with Crippen LogP contribution >= 0.6 is 0 Å². The molecule has 0 aliphatic carbocycles. The zero-order chi connectivity index (χ0) is 34.4. The first-order chi connectivity index (χ1) is 21.9. The summed E-state index contributed by atoms with van der Waals surface area (Å²) in [5, 5.41) is 15.7. The fraction of sp³-hybridized carbons (Fsp3) is 0.469. The van der Waals surface area contributed by atoms with Crippen molar-refractivity contribution in [3.8, 4) is 17.0 Å². The van der Waals surface area contributed by atoms with Gasteiger partial charge in [0.25, 0.3) is 0 Å². The summed E-state index contributed by atoms with van der Waals surface area (Å²) in [6.07, 6.45) is -3.06. The lowest BCUT2D eigenvalue weighted by atomic mass is 9.85. The van der Waals surface area contributed by atoms with Gasteiger partial charge in [0.2, 0.25) is 5.88 Å². The number of nitrogens with one attached hydrogen (secondary N) is 2. The van der Waals surface area contributed by atoms with E-state index in [4.69, 9.17) is 18.9 Å². The number of halogens is 2. The Morgan fingerprint density at radius 1 is 1.00 bits per heavy atom. The van der Waals surface area contributed by atoms with Crippen molar-refractivity contribution in [1.82, 2.24) is 9.97 Å². The van der Waals surface area contributed by atoms with Crippen LogP contribution in [0.25, 0.3) is 21.9 Å². The number of carbonyl (C=O) groups excluding carboxylic acids is 2. The molecule has 3 atom stereocenters. The van der Waals surface area contributed by atoms with Crippen LogP contribution in [0.2, 0.25) is 0 Å². The predicted molar refractivity (Wildman–Crippen MR) is 168 cm³/mol. The molecule has 0 spiro atoms. The number of nitrogens with zero attached hydrogens (tertiary/aromatic N) is 3. The lowest BCUT2D eigenvalue weighted by molar-refractivity contribution is 0.0635. The van der Waals surface area contributed by atoms with E-state index in [2.05, 4.69) is 20.6 Å². The third-order valence-corrected chi connectivity index (χ3v) is 7.74. The summed E-state index contributed by atoms with van der Waals surface area (Å²) in [5.41, 5.74) is -0.955. The van der Waals surface area contributed by atoms with E-state index >= 15 is 4.39 Å². The maximum atomic E-state index is 16.6. The Morgan fingerprint density at radius 3 is 2.34 bits per heavy atom. The molecule has 13 nitrogen and oxygen atoms in total. The van der Waals surface area contributed by atoms with E-state index in [1.807, 2.05) is 20.8 Å². The molecule has 252 valence electrons. The Bertz CT molecular complexity index is 1740. The number of anilines is 3. The second-order valence-electron chi connectivity index (χ2n) is 13.4. The van der Waals surface area contributed by atoms with Gasteiger partial charge in [-0.3, -0.25) is 15.5 Å². The average molecular weight is 658 g/mol. The van der Waals surface area contributed by atoms with Crippen molar-refractivity contribution in [1.29, 1.82) is 0 Å². The van der Waals surface area contributed by atoms with Crippen molar-refractivity contribution in [2.24, 2.45) is 5.41 Å². The SMILES string of the molecule is Cc1c(-c2cc3cc(NC(=O)OC4COCC4F)ncc3c(NC(=O)OC(C)(C)C)c2F)cnc2c1N(C(=O)O)C(C(C)(C)C)CO2. The summed E-state index contributed by atoms with van der Waals surface area (Å²) in [5.74, 6) is -0.785. The molecule has 0 bridgehead atoms. The summed E-state index contributed by atoms with van der Waals surface area (Å²) < 4.78 is 51.8. The zero-order valence-corrected chi connectivity index (χ0v) is 27.1. The highest BCUT2D eigenvalue weighted by atomic mass is 19.1. The van der Waals surface area contributed by atoms with Crippen molar-refractivity contribution in [2.45, 2.75) is 72.4 Å². The second-order valence-corrected chi connectivity index (χ2v) is 13.4. The molecule has 0 radical (unpaired) electrons. The van der Waals surface area contributed by atoms with E-state index in [9.17, 15) is 23.9 Å². The van der Waals surface area contributed by atoms with E-state index in [0.717, 1.165) is 0 Å². The van der Waals surface area contributed by atoms with Gasteiger partial charge in [0.05, 0.1) is 24.9 Å². The first-order valence-electron chi connectivity index (χ1n) is 14.9. The van der Waals surface area contributed by atoms with Gasteiger partial charge in [0.15, 0.2) is 18.1 Å². The predicted octanol–water partition coefficient (Wildman–Crippen LogP) is 6.67. The van der Waals surface area contributed by atoms with Crippen LogP contribution in [0, 0.1) is 18.2 Å². The number of amides is 3. The Kier molecular flexibility index (Phi) is 8.88.